The van der Waals surface area contributed by atoms with Gasteiger partial charge in [-0.15, -0.1) is 0 Å². The molecule has 0 spiro atoms. The molecule has 0 saturated carbocycles. The van der Waals surface area contributed by atoms with Crippen molar-refractivity contribution in [1.82, 2.24) is 5.32 Å². The van der Waals surface area contributed by atoms with Gasteiger partial charge in [-0.1, -0.05) is 30.3 Å². The predicted molar refractivity (Wildman–Crippen MR) is 64.9 cm³/mol. The van der Waals surface area contributed by atoms with Crippen LogP contribution < -0.4 is 5.32 Å². The summed E-state index contributed by atoms with van der Waals surface area (Å²) in [5, 5.41) is 3.64. The maximum Gasteiger partial charge on any atom is 0.444 e. The van der Waals surface area contributed by atoms with Gasteiger partial charge in [0.2, 0.25) is 0 Å². The summed E-state index contributed by atoms with van der Waals surface area (Å²) in [5.74, 6) is -1.59. The van der Waals surface area contributed by atoms with Crippen LogP contribution in [0.5, 0.6) is 0 Å². The lowest BCUT2D eigenvalue weighted by atomic mass is 10.2. The van der Waals surface area contributed by atoms with Gasteiger partial charge < -0.3 is 5.32 Å². The first-order valence-corrected chi connectivity index (χ1v) is 5.44. The Bertz CT molecular complexity index is 593. The third-order valence-corrected chi connectivity index (χ3v) is 2.56. The molecule has 98 valence electrons. The highest BCUT2D eigenvalue weighted by atomic mass is 32.1. The summed E-state index contributed by atoms with van der Waals surface area (Å²) < 4.78 is 39.0. The normalized spacial score (nSPS) is 22.5. The van der Waals surface area contributed by atoms with Crippen molar-refractivity contribution in [2.75, 3.05) is 0 Å². The third kappa shape index (κ3) is 2.16. The van der Waals surface area contributed by atoms with Crippen molar-refractivity contribution in [3.8, 4) is 0 Å². The minimum absolute atomic E-state index is 0.197. The van der Waals surface area contributed by atoms with Crippen LogP contribution in [0, 0.1) is 0 Å². The van der Waals surface area contributed by atoms with Gasteiger partial charge in [0.15, 0.2) is 0 Å². The summed E-state index contributed by atoms with van der Waals surface area (Å²) in [5.41, 5.74) is -2.89. The first-order chi connectivity index (χ1) is 8.90. The summed E-state index contributed by atoms with van der Waals surface area (Å²) in [6.07, 6.45) is -4.99. The molecule has 1 aromatic carbocycles. The van der Waals surface area contributed by atoms with E-state index in [4.69, 9.17) is 0 Å². The zero-order valence-electron chi connectivity index (χ0n) is 9.23. The van der Waals surface area contributed by atoms with Crippen LogP contribution in [0.1, 0.15) is 5.56 Å². The van der Waals surface area contributed by atoms with Gasteiger partial charge in [0.1, 0.15) is 5.84 Å². The van der Waals surface area contributed by atoms with E-state index >= 15 is 0 Å². The number of halogens is 3. The van der Waals surface area contributed by atoms with Crippen molar-refractivity contribution in [2.45, 2.75) is 11.8 Å². The minimum atomic E-state index is -4.99. The lowest BCUT2D eigenvalue weighted by molar-refractivity contribution is -0.185. The second-order valence-corrected chi connectivity index (χ2v) is 3.84. The molecule has 0 radical (unpaired) electrons. The molecule has 0 aliphatic carbocycles. The minimum Gasteiger partial charge on any atom is -0.306 e. The van der Waals surface area contributed by atoms with Gasteiger partial charge in [0.05, 0.1) is 5.16 Å². The highest BCUT2D eigenvalue weighted by Crippen LogP contribution is 2.38. The lowest BCUT2D eigenvalue weighted by Crippen LogP contribution is -2.49. The van der Waals surface area contributed by atoms with Crippen molar-refractivity contribution >= 4 is 29.1 Å². The Hall–Kier alpha value is -2.05. The predicted octanol–water partition coefficient (Wildman–Crippen LogP) is 1.92. The van der Waals surface area contributed by atoms with Crippen LogP contribution in [-0.2, 0) is 4.79 Å². The van der Waals surface area contributed by atoms with Gasteiger partial charge in [-0.2, -0.15) is 18.2 Å². The number of nitrogens with zero attached hydrogens (tertiary/aromatic N) is 2. The fraction of sp³-hybridized carbons (Fsp3) is 0.182. The Balaban J connectivity index is 2.55. The van der Waals surface area contributed by atoms with Crippen molar-refractivity contribution in [3.63, 3.8) is 0 Å². The number of amides is 1. The summed E-state index contributed by atoms with van der Waals surface area (Å²) in [6.45, 7) is 0. The molecule has 1 aliphatic heterocycles. The summed E-state index contributed by atoms with van der Waals surface area (Å²) in [6, 6.07) is 7.95. The van der Waals surface area contributed by atoms with Crippen LogP contribution >= 0.6 is 12.2 Å². The number of hydrogen-bond acceptors (Lipinski definition) is 4. The highest BCUT2D eigenvalue weighted by Gasteiger charge is 2.64. The SMILES string of the molecule is O=C1NC(c2ccccc2)=NC1(N=C=S)C(F)(F)F. The van der Waals surface area contributed by atoms with E-state index in [9.17, 15) is 18.0 Å². The standard InChI is InChI=1S/C11H6F3N3OS/c12-11(13,14)10(15-6-19)9(18)16-8(17-10)7-4-2-1-3-5-7/h1-5H,(H,16,17,18). The van der Waals surface area contributed by atoms with Crippen molar-refractivity contribution in [2.24, 2.45) is 9.98 Å². The lowest BCUT2D eigenvalue weighted by Gasteiger charge is -2.19. The smallest absolute Gasteiger partial charge is 0.306 e. The molecular weight excluding hydrogens is 279 g/mol. The zero-order chi connectivity index (χ0) is 14.1. The van der Waals surface area contributed by atoms with Crippen LogP contribution in [0.4, 0.5) is 13.2 Å². The Labute approximate surface area is 111 Å². The second kappa shape index (κ2) is 4.56. The monoisotopic (exact) mass is 285 g/mol. The highest BCUT2D eigenvalue weighted by molar-refractivity contribution is 7.78. The van der Waals surface area contributed by atoms with Crippen LogP contribution in [0.15, 0.2) is 40.3 Å². The summed E-state index contributed by atoms with van der Waals surface area (Å²) in [7, 11) is 0. The molecule has 0 fully saturated rings. The Morgan fingerprint density at radius 2 is 1.95 bits per heavy atom. The number of benzene rings is 1. The fourth-order valence-corrected chi connectivity index (χ4v) is 1.70. The fourth-order valence-electron chi connectivity index (χ4n) is 1.57. The van der Waals surface area contributed by atoms with Crippen molar-refractivity contribution in [3.05, 3.63) is 35.9 Å². The molecule has 1 amide bonds. The van der Waals surface area contributed by atoms with E-state index in [1.54, 1.807) is 23.4 Å². The maximum absolute atomic E-state index is 13.0. The van der Waals surface area contributed by atoms with E-state index < -0.39 is 17.7 Å². The number of hydrogen-bond donors (Lipinski definition) is 1. The molecule has 0 aromatic heterocycles. The molecule has 1 N–H and O–H groups in total. The number of carbonyl (C=O) groups excluding carboxylic acids is 1. The number of amidine groups is 1. The van der Waals surface area contributed by atoms with Gasteiger partial charge in [0.25, 0.3) is 5.91 Å². The molecule has 1 aliphatic rings. The van der Waals surface area contributed by atoms with Crippen LogP contribution in [0.3, 0.4) is 0 Å². The molecular formula is C11H6F3N3OS. The average Bonchev–Trinajstić information content (AvgIpc) is 2.69. The Morgan fingerprint density at radius 1 is 1.32 bits per heavy atom. The van der Waals surface area contributed by atoms with Gasteiger partial charge in [-0.3, -0.25) is 4.79 Å². The van der Waals surface area contributed by atoms with Crippen LogP contribution in [-0.4, -0.2) is 28.7 Å². The molecule has 2 rings (SSSR count). The topological polar surface area (TPSA) is 53.8 Å². The van der Waals surface area contributed by atoms with E-state index in [0.717, 1.165) is 0 Å². The van der Waals surface area contributed by atoms with E-state index in [1.165, 1.54) is 12.1 Å². The maximum atomic E-state index is 13.0. The van der Waals surface area contributed by atoms with Gasteiger partial charge in [0, 0.05) is 5.56 Å². The van der Waals surface area contributed by atoms with Crippen LogP contribution in [0.2, 0.25) is 0 Å². The van der Waals surface area contributed by atoms with Gasteiger partial charge >= 0.3 is 11.8 Å². The van der Waals surface area contributed by atoms with E-state index in [-0.39, 0.29) is 5.84 Å². The summed E-state index contributed by atoms with van der Waals surface area (Å²) in [4.78, 5) is 17.9. The van der Waals surface area contributed by atoms with Crippen molar-refractivity contribution < 1.29 is 18.0 Å². The Morgan fingerprint density at radius 3 is 2.47 bits per heavy atom. The quantitative estimate of drug-likeness (QED) is 0.666. The molecule has 0 bridgehead atoms. The number of thiocarbonyl (C=S) groups is 1. The molecule has 1 aromatic rings. The van der Waals surface area contributed by atoms with E-state index in [2.05, 4.69) is 27.5 Å². The Kier molecular flexibility index (Phi) is 3.21. The second-order valence-electron chi connectivity index (χ2n) is 3.65. The third-order valence-electron chi connectivity index (χ3n) is 2.47. The molecule has 4 nitrogen and oxygen atoms in total. The molecule has 8 heteroatoms. The molecule has 0 saturated heterocycles. The molecule has 1 unspecified atom stereocenters. The number of carbonyl (C=O) groups is 1. The van der Waals surface area contributed by atoms with E-state index in [1.807, 2.05) is 0 Å². The van der Waals surface area contributed by atoms with Gasteiger partial charge in [-0.05, 0) is 12.2 Å². The number of nitrogens with one attached hydrogen (secondary N) is 1. The first kappa shape index (κ1) is 13.4. The molecule has 1 heterocycles. The number of rotatable bonds is 2. The number of aliphatic imine (C=N–C) groups is 2. The first-order valence-electron chi connectivity index (χ1n) is 5.03. The van der Waals surface area contributed by atoms with Crippen LogP contribution in [0.25, 0.3) is 0 Å². The summed E-state index contributed by atoms with van der Waals surface area (Å²) >= 11 is 4.17. The van der Waals surface area contributed by atoms with Crippen molar-refractivity contribution in [1.29, 1.82) is 0 Å². The number of alkyl halides is 3. The van der Waals surface area contributed by atoms with Gasteiger partial charge in [-0.25, -0.2) is 4.99 Å². The largest absolute Gasteiger partial charge is 0.444 e. The zero-order valence-corrected chi connectivity index (χ0v) is 10.0. The number of isothiocyanates is 1. The molecule has 19 heavy (non-hydrogen) atoms. The molecule has 1 atom stereocenters. The average molecular weight is 285 g/mol. The van der Waals surface area contributed by atoms with E-state index in [0.29, 0.717) is 5.56 Å².